The summed E-state index contributed by atoms with van der Waals surface area (Å²) in [7, 11) is 0. The van der Waals surface area contributed by atoms with E-state index in [1.54, 1.807) is 0 Å². The van der Waals surface area contributed by atoms with Crippen molar-refractivity contribution in [3.8, 4) is 0 Å². The van der Waals surface area contributed by atoms with E-state index in [2.05, 4.69) is 10.2 Å². The van der Waals surface area contributed by atoms with Gasteiger partial charge in [0.2, 0.25) is 0 Å². The number of rotatable bonds is 4. The number of hydrogen-bond acceptors (Lipinski definition) is 2. The van der Waals surface area contributed by atoms with Crippen molar-refractivity contribution in [3.05, 3.63) is 0 Å². The minimum Gasteiger partial charge on any atom is -0.324 e. The molecule has 3 rings (SSSR count). The number of nitrogens with one attached hydrogen (secondary N) is 1. The zero-order chi connectivity index (χ0) is 11.7. The number of nitrogens with zero attached hydrogens (tertiary/aromatic N) is 2. The summed E-state index contributed by atoms with van der Waals surface area (Å²) in [6.07, 6.45) is 5.32. The van der Waals surface area contributed by atoms with Crippen LogP contribution in [0.25, 0.3) is 0 Å². The number of urea groups is 1. The molecule has 2 saturated carbocycles. The molecule has 96 valence electrons. The summed E-state index contributed by atoms with van der Waals surface area (Å²) < 4.78 is 0. The molecule has 1 heterocycles. The Labute approximate surface area is 103 Å². The van der Waals surface area contributed by atoms with Crippen molar-refractivity contribution in [1.82, 2.24) is 15.1 Å². The lowest BCUT2D eigenvalue weighted by Gasteiger charge is -2.33. The van der Waals surface area contributed by atoms with Crippen LogP contribution in [-0.4, -0.2) is 55.1 Å². The molecule has 0 atom stereocenters. The zero-order valence-electron chi connectivity index (χ0n) is 10.5. The van der Waals surface area contributed by atoms with Crippen molar-refractivity contribution in [1.29, 1.82) is 0 Å². The third-order valence-electron chi connectivity index (χ3n) is 4.01. The monoisotopic (exact) mass is 237 g/mol. The zero-order valence-corrected chi connectivity index (χ0v) is 10.5. The second-order valence-corrected chi connectivity index (χ2v) is 5.81. The molecule has 17 heavy (non-hydrogen) atoms. The van der Waals surface area contributed by atoms with Gasteiger partial charge in [0.25, 0.3) is 0 Å². The maximum Gasteiger partial charge on any atom is 0.320 e. The first-order valence-corrected chi connectivity index (χ1v) is 7.07. The molecule has 3 fully saturated rings. The number of carbonyl (C=O) groups is 1. The highest BCUT2D eigenvalue weighted by molar-refractivity contribution is 5.74. The fourth-order valence-corrected chi connectivity index (χ4v) is 2.51. The molecule has 4 nitrogen and oxygen atoms in total. The number of carbonyl (C=O) groups excluding carboxylic acids is 1. The largest absolute Gasteiger partial charge is 0.324 e. The van der Waals surface area contributed by atoms with Crippen molar-refractivity contribution in [2.75, 3.05) is 39.3 Å². The lowest BCUT2D eigenvalue weighted by Crippen LogP contribution is -2.52. The Hall–Kier alpha value is -0.770. The predicted octanol–water partition coefficient (Wildman–Crippen LogP) is 1.13. The molecular formula is C13H23N3O. The lowest BCUT2D eigenvalue weighted by molar-refractivity contribution is 0.142. The molecule has 0 radical (unpaired) electrons. The van der Waals surface area contributed by atoms with Crippen LogP contribution < -0.4 is 5.32 Å². The van der Waals surface area contributed by atoms with E-state index in [9.17, 15) is 4.79 Å². The van der Waals surface area contributed by atoms with Gasteiger partial charge >= 0.3 is 6.03 Å². The SMILES string of the molecule is O=C(N1CCNCC1)N(CC1CC1)CC1CC1. The maximum atomic E-state index is 12.4. The van der Waals surface area contributed by atoms with E-state index in [-0.39, 0.29) is 0 Å². The van der Waals surface area contributed by atoms with Gasteiger partial charge in [-0.1, -0.05) is 0 Å². The van der Waals surface area contributed by atoms with Gasteiger partial charge in [-0.3, -0.25) is 0 Å². The molecule has 2 amide bonds. The molecule has 1 N–H and O–H groups in total. The average molecular weight is 237 g/mol. The Morgan fingerprint density at radius 1 is 1.06 bits per heavy atom. The van der Waals surface area contributed by atoms with E-state index in [0.29, 0.717) is 6.03 Å². The first-order chi connectivity index (χ1) is 8.33. The highest BCUT2D eigenvalue weighted by atomic mass is 16.2. The van der Waals surface area contributed by atoms with Crippen LogP contribution in [0.5, 0.6) is 0 Å². The lowest BCUT2D eigenvalue weighted by atomic mass is 10.3. The van der Waals surface area contributed by atoms with E-state index < -0.39 is 0 Å². The molecule has 0 bridgehead atoms. The molecule has 0 spiro atoms. The minimum atomic E-state index is 0.297. The van der Waals surface area contributed by atoms with Gasteiger partial charge in [-0.05, 0) is 37.5 Å². The molecule has 0 unspecified atom stereocenters. The molecule has 3 aliphatic rings. The van der Waals surface area contributed by atoms with Crippen molar-refractivity contribution in [3.63, 3.8) is 0 Å². The first kappa shape index (κ1) is 11.3. The second-order valence-electron chi connectivity index (χ2n) is 5.81. The summed E-state index contributed by atoms with van der Waals surface area (Å²) in [4.78, 5) is 16.6. The summed E-state index contributed by atoms with van der Waals surface area (Å²) >= 11 is 0. The van der Waals surface area contributed by atoms with E-state index in [4.69, 9.17) is 0 Å². The van der Waals surface area contributed by atoms with Gasteiger partial charge in [-0.15, -0.1) is 0 Å². The highest BCUT2D eigenvalue weighted by Crippen LogP contribution is 2.34. The molecule has 4 heteroatoms. The van der Waals surface area contributed by atoms with Crippen LogP contribution in [0, 0.1) is 11.8 Å². The number of hydrogen-bond donors (Lipinski definition) is 1. The average Bonchev–Trinajstić information content (AvgIpc) is 3.23. The van der Waals surface area contributed by atoms with Gasteiger partial charge in [0, 0.05) is 39.3 Å². The van der Waals surface area contributed by atoms with Gasteiger partial charge in [-0.25, -0.2) is 4.79 Å². The third kappa shape index (κ3) is 3.12. The topological polar surface area (TPSA) is 35.6 Å². The van der Waals surface area contributed by atoms with Crippen molar-refractivity contribution >= 4 is 6.03 Å². The predicted molar refractivity (Wildman–Crippen MR) is 66.9 cm³/mol. The molecule has 0 aromatic rings. The van der Waals surface area contributed by atoms with Crippen molar-refractivity contribution < 1.29 is 4.79 Å². The van der Waals surface area contributed by atoms with Crippen LogP contribution >= 0.6 is 0 Å². The number of piperazine rings is 1. The molecule has 0 aromatic heterocycles. The van der Waals surface area contributed by atoms with Gasteiger partial charge in [0.15, 0.2) is 0 Å². The summed E-state index contributed by atoms with van der Waals surface area (Å²) in [5.41, 5.74) is 0. The summed E-state index contributed by atoms with van der Waals surface area (Å²) in [5, 5.41) is 3.30. The fourth-order valence-electron chi connectivity index (χ4n) is 2.51. The Kier molecular flexibility index (Phi) is 3.23. The summed E-state index contributed by atoms with van der Waals surface area (Å²) in [5.74, 6) is 1.61. The Balaban J connectivity index is 1.56. The minimum absolute atomic E-state index is 0.297. The fraction of sp³-hybridized carbons (Fsp3) is 0.923. The van der Waals surface area contributed by atoms with Gasteiger partial charge in [0.1, 0.15) is 0 Å². The third-order valence-corrected chi connectivity index (χ3v) is 4.01. The molecule has 0 aromatic carbocycles. The van der Waals surface area contributed by atoms with E-state index >= 15 is 0 Å². The van der Waals surface area contributed by atoms with Crippen LogP contribution in [0.2, 0.25) is 0 Å². The standard InChI is InChI=1S/C13H23N3O/c17-13(15-7-5-14-6-8-15)16(9-11-1-2-11)10-12-3-4-12/h11-12,14H,1-10H2. The quantitative estimate of drug-likeness (QED) is 0.795. The van der Waals surface area contributed by atoms with Gasteiger partial charge in [0.05, 0.1) is 0 Å². The van der Waals surface area contributed by atoms with Crippen LogP contribution in [-0.2, 0) is 0 Å². The van der Waals surface area contributed by atoms with Crippen molar-refractivity contribution in [2.45, 2.75) is 25.7 Å². The Morgan fingerprint density at radius 2 is 1.59 bits per heavy atom. The summed E-state index contributed by atoms with van der Waals surface area (Å²) in [6, 6.07) is 0.297. The first-order valence-electron chi connectivity index (χ1n) is 7.07. The van der Waals surface area contributed by atoms with Crippen LogP contribution in [0.1, 0.15) is 25.7 Å². The molecule has 1 aliphatic heterocycles. The van der Waals surface area contributed by atoms with E-state index in [1.165, 1.54) is 25.7 Å². The molecular weight excluding hydrogens is 214 g/mol. The second kappa shape index (κ2) is 4.84. The van der Waals surface area contributed by atoms with Gasteiger partial charge < -0.3 is 15.1 Å². The normalized spacial score (nSPS) is 24.8. The maximum absolute atomic E-state index is 12.4. The summed E-state index contributed by atoms with van der Waals surface area (Å²) in [6.45, 7) is 5.69. The van der Waals surface area contributed by atoms with Crippen molar-refractivity contribution in [2.24, 2.45) is 11.8 Å². The van der Waals surface area contributed by atoms with Crippen LogP contribution in [0.4, 0.5) is 4.79 Å². The van der Waals surface area contributed by atoms with E-state index in [0.717, 1.165) is 51.1 Å². The van der Waals surface area contributed by atoms with E-state index in [1.807, 2.05) is 4.90 Å². The highest BCUT2D eigenvalue weighted by Gasteiger charge is 2.33. The van der Waals surface area contributed by atoms with Gasteiger partial charge in [-0.2, -0.15) is 0 Å². The Morgan fingerprint density at radius 3 is 2.06 bits per heavy atom. The van der Waals surface area contributed by atoms with Crippen LogP contribution in [0.3, 0.4) is 0 Å². The molecule has 1 saturated heterocycles. The Bertz CT molecular complexity index is 266. The smallest absolute Gasteiger partial charge is 0.320 e. The van der Waals surface area contributed by atoms with Crippen LogP contribution in [0.15, 0.2) is 0 Å². The number of amides is 2. The molecule has 2 aliphatic carbocycles.